The first-order valence-electron chi connectivity index (χ1n) is 4.73. The number of aliphatic hydroxyl groups is 1. The maximum absolute atomic E-state index is 9.07. The predicted octanol–water partition coefficient (Wildman–Crippen LogP) is 1.57. The quantitative estimate of drug-likeness (QED) is 0.493. The van der Waals surface area contributed by atoms with Gasteiger partial charge in [-0.1, -0.05) is 25.7 Å². The third-order valence-corrected chi connectivity index (χ3v) is 2.55. The topological polar surface area (TPSA) is 32.8 Å². The largest absolute Gasteiger partial charge is 0.381 e. The average molecular weight is 182 g/mol. The number of ether oxygens (including phenoxy) is 1. The maximum Gasteiger partial charge on any atom is 0.160 e. The lowest BCUT2D eigenvalue weighted by molar-refractivity contribution is 0.250. The van der Waals surface area contributed by atoms with Crippen molar-refractivity contribution in [1.29, 1.82) is 0 Å². The first-order valence-corrected chi connectivity index (χ1v) is 4.73. The van der Waals surface area contributed by atoms with Crippen molar-refractivity contribution >= 4 is 0 Å². The van der Waals surface area contributed by atoms with Crippen LogP contribution in [-0.2, 0) is 4.74 Å². The van der Waals surface area contributed by atoms with E-state index in [1.165, 1.54) is 0 Å². The van der Waals surface area contributed by atoms with Crippen molar-refractivity contribution in [1.82, 2.24) is 0 Å². The summed E-state index contributed by atoms with van der Waals surface area (Å²) < 4.78 is 5.62. The van der Waals surface area contributed by atoms with Crippen LogP contribution in [0.2, 0.25) is 0 Å². The molecule has 1 aliphatic rings. The number of hydrogen-bond acceptors (Lipinski definition) is 2. The Labute approximate surface area is 80.3 Å². The van der Waals surface area contributed by atoms with Crippen LogP contribution in [0.4, 0.5) is 0 Å². The molecule has 0 bridgehead atoms. The van der Waals surface area contributed by atoms with Crippen LogP contribution < -0.4 is 0 Å². The fourth-order valence-corrected chi connectivity index (χ4v) is 1.72. The van der Waals surface area contributed by atoms with Crippen LogP contribution in [0.15, 0.2) is 0 Å². The van der Waals surface area contributed by atoms with Gasteiger partial charge in [0.15, 0.2) is 5.60 Å². The zero-order chi connectivity index (χ0) is 10.3. The molecule has 0 saturated carbocycles. The summed E-state index contributed by atoms with van der Waals surface area (Å²) in [6.07, 6.45) is -0.573. The van der Waals surface area contributed by atoms with Gasteiger partial charge in [-0.2, -0.15) is 0 Å². The van der Waals surface area contributed by atoms with E-state index in [0.717, 1.165) is 0 Å². The van der Waals surface area contributed by atoms with E-state index in [1.54, 1.807) is 6.92 Å². The van der Waals surface area contributed by atoms with Gasteiger partial charge in [0, 0.05) is 0 Å². The molecule has 0 amide bonds. The summed E-state index contributed by atoms with van der Waals surface area (Å²) in [5.41, 5.74) is -0.507. The van der Waals surface area contributed by atoms with Crippen LogP contribution in [0.1, 0.15) is 34.6 Å². The molecule has 0 aromatic heterocycles. The molecule has 13 heavy (non-hydrogen) atoms. The summed E-state index contributed by atoms with van der Waals surface area (Å²) in [5, 5.41) is 9.07. The van der Waals surface area contributed by atoms with Gasteiger partial charge in [0.25, 0.3) is 0 Å². The zero-order valence-electron chi connectivity index (χ0n) is 9.01. The average Bonchev–Trinajstić information content (AvgIpc) is 2.51. The number of aliphatic hydroxyl groups excluding tert-OH is 1. The Morgan fingerprint density at radius 1 is 1.23 bits per heavy atom. The Kier molecular flexibility index (Phi) is 2.44. The van der Waals surface area contributed by atoms with Crippen molar-refractivity contribution in [3.63, 3.8) is 0 Å². The van der Waals surface area contributed by atoms with Gasteiger partial charge in [0.05, 0.1) is 0 Å². The normalized spacial score (nSPS) is 32.2. The fraction of sp³-hybridized carbons (Fsp3) is 0.818. The Hall–Kier alpha value is -0.520. The van der Waals surface area contributed by atoms with E-state index >= 15 is 0 Å². The van der Waals surface area contributed by atoms with Crippen LogP contribution in [-0.4, -0.2) is 22.4 Å². The second-order valence-electron chi connectivity index (χ2n) is 4.45. The SMILES string of the molecule is CC(O)C#CC1(C(C)C)OC1(C)C. The van der Waals surface area contributed by atoms with E-state index in [1.807, 2.05) is 13.8 Å². The summed E-state index contributed by atoms with van der Waals surface area (Å²) in [7, 11) is 0. The summed E-state index contributed by atoms with van der Waals surface area (Å²) in [5.74, 6) is 6.16. The molecule has 2 unspecified atom stereocenters. The highest BCUT2D eigenvalue weighted by molar-refractivity contribution is 5.32. The monoisotopic (exact) mass is 182 g/mol. The molecule has 1 saturated heterocycles. The smallest absolute Gasteiger partial charge is 0.160 e. The van der Waals surface area contributed by atoms with E-state index in [2.05, 4.69) is 25.7 Å². The summed E-state index contributed by atoms with van der Waals surface area (Å²) in [6.45, 7) is 9.90. The van der Waals surface area contributed by atoms with Gasteiger partial charge in [-0.3, -0.25) is 0 Å². The van der Waals surface area contributed by atoms with Gasteiger partial charge in [-0.05, 0) is 26.7 Å². The van der Waals surface area contributed by atoms with Crippen LogP contribution >= 0.6 is 0 Å². The highest BCUT2D eigenvalue weighted by Crippen LogP contribution is 2.51. The lowest BCUT2D eigenvalue weighted by Crippen LogP contribution is -2.25. The molecule has 1 heterocycles. The van der Waals surface area contributed by atoms with Crippen LogP contribution in [0.25, 0.3) is 0 Å². The summed E-state index contributed by atoms with van der Waals surface area (Å²) in [4.78, 5) is 0. The first kappa shape index (κ1) is 10.6. The summed E-state index contributed by atoms with van der Waals surface area (Å²) in [6, 6.07) is 0. The molecule has 0 aromatic rings. The van der Waals surface area contributed by atoms with Gasteiger partial charge in [0.1, 0.15) is 11.7 Å². The second kappa shape index (κ2) is 3.01. The minimum absolute atomic E-state index is 0.164. The molecule has 2 heteroatoms. The third-order valence-electron chi connectivity index (χ3n) is 2.55. The van der Waals surface area contributed by atoms with E-state index < -0.39 is 6.10 Å². The number of hydrogen-bond donors (Lipinski definition) is 1. The molecule has 0 aromatic carbocycles. The third kappa shape index (κ3) is 1.72. The van der Waals surface area contributed by atoms with Crippen molar-refractivity contribution in [2.75, 3.05) is 0 Å². The van der Waals surface area contributed by atoms with Crippen molar-refractivity contribution < 1.29 is 9.84 Å². The predicted molar refractivity (Wildman–Crippen MR) is 52.2 cm³/mol. The van der Waals surface area contributed by atoms with Crippen LogP contribution in [0.3, 0.4) is 0 Å². The highest BCUT2D eigenvalue weighted by atomic mass is 16.6. The number of rotatable bonds is 1. The summed E-state index contributed by atoms with van der Waals surface area (Å²) >= 11 is 0. The van der Waals surface area contributed by atoms with Crippen LogP contribution in [0, 0.1) is 17.8 Å². The molecule has 0 radical (unpaired) electrons. The van der Waals surface area contributed by atoms with E-state index in [4.69, 9.17) is 9.84 Å². The molecule has 1 fully saturated rings. The minimum atomic E-state index is -0.573. The molecule has 74 valence electrons. The van der Waals surface area contributed by atoms with Crippen LogP contribution in [0.5, 0.6) is 0 Å². The molecule has 0 spiro atoms. The molecule has 2 nitrogen and oxygen atoms in total. The standard InChI is InChI=1S/C11H18O2/c1-8(2)11(7-6-9(3)12)10(4,5)13-11/h8-9,12H,1-5H3. The molecule has 1 aliphatic heterocycles. The van der Waals surface area contributed by atoms with Gasteiger partial charge in [-0.15, -0.1) is 0 Å². The fourth-order valence-electron chi connectivity index (χ4n) is 1.72. The first-order chi connectivity index (χ1) is 5.82. The van der Waals surface area contributed by atoms with E-state index in [0.29, 0.717) is 5.92 Å². The Balaban J connectivity index is 2.82. The van der Waals surface area contributed by atoms with Gasteiger partial charge < -0.3 is 9.84 Å². The maximum atomic E-state index is 9.07. The van der Waals surface area contributed by atoms with E-state index in [-0.39, 0.29) is 11.2 Å². The molecule has 2 atom stereocenters. The second-order valence-corrected chi connectivity index (χ2v) is 4.45. The van der Waals surface area contributed by atoms with Crippen molar-refractivity contribution in [3.8, 4) is 11.8 Å². The molecule has 0 aliphatic carbocycles. The van der Waals surface area contributed by atoms with Crippen molar-refractivity contribution in [2.24, 2.45) is 5.92 Å². The lowest BCUT2D eigenvalue weighted by Gasteiger charge is -2.12. The molecular weight excluding hydrogens is 164 g/mol. The molecule has 1 N–H and O–H groups in total. The number of epoxide rings is 1. The highest BCUT2D eigenvalue weighted by Gasteiger charge is 2.64. The zero-order valence-corrected chi connectivity index (χ0v) is 9.01. The van der Waals surface area contributed by atoms with E-state index in [9.17, 15) is 0 Å². The van der Waals surface area contributed by atoms with Gasteiger partial charge in [-0.25, -0.2) is 0 Å². The molecular formula is C11H18O2. The van der Waals surface area contributed by atoms with Crippen molar-refractivity contribution in [3.05, 3.63) is 0 Å². The van der Waals surface area contributed by atoms with Crippen molar-refractivity contribution in [2.45, 2.75) is 51.9 Å². The Morgan fingerprint density at radius 2 is 1.69 bits per heavy atom. The van der Waals surface area contributed by atoms with Gasteiger partial charge in [0.2, 0.25) is 0 Å². The Bertz CT molecular complexity index is 255. The molecule has 1 rings (SSSR count). The van der Waals surface area contributed by atoms with Gasteiger partial charge >= 0.3 is 0 Å². The minimum Gasteiger partial charge on any atom is -0.381 e. The Morgan fingerprint density at radius 3 is 1.92 bits per heavy atom. The lowest BCUT2D eigenvalue weighted by atomic mass is 9.86.